The summed E-state index contributed by atoms with van der Waals surface area (Å²) >= 11 is 1.72. The number of thioether (sulfide) groups is 1. The molecule has 0 bridgehead atoms. The van der Waals surface area contributed by atoms with Gasteiger partial charge in [0.05, 0.1) is 12.0 Å². The number of carbonyl (C=O) groups excluding carboxylic acids is 2. The first-order valence-electron chi connectivity index (χ1n) is 6.71. The first-order chi connectivity index (χ1) is 9.61. The van der Waals surface area contributed by atoms with Crippen LogP contribution in [0.4, 0.5) is 0 Å². The van der Waals surface area contributed by atoms with E-state index >= 15 is 0 Å². The Balaban J connectivity index is 1.86. The van der Waals surface area contributed by atoms with E-state index in [0.29, 0.717) is 12.8 Å². The van der Waals surface area contributed by atoms with E-state index < -0.39 is 0 Å². The summed E-state index contributed by atoms with van der Waals surface area (Å²) in [4.78, 5) is 24.6. The predicted molar refractivity (Wildman–Crippen MR) is 79.1 cm³/mol. The third-order valence-corrected chi connectivity index (χ3v) is 4.87. The number of nitrogens with zero attached hydrogens (tertiary/aromatic N) is 2. The van der Waals surface area contributed by atoms with Gasteiger partial charge in [-0.05, 0) is 24.5 Å². The molecule has 6 heteroatoms. The lowest BCUT2D eigenvalue weighted by atomic mass is 9.90. The molecule has 1 aliphatic carbocycles. The van der Waals surface area contributed by atoms with E-state index in [9.17, 15) is 9.59 Å². The Labute approximate surface area is 122 Å². The van der Waals surface area contributed by atoms with Crippen molar-refractivity contribution >= 4 is 29.3 Å². The Morgan fingerprint density at radius 1 is 1.45 bits per heavy atom. The van der Waals surface area contributed by atoms with E-state index in [4.69, 9.17) is 0 Å². The minimum atomic E-state index is -0.344. The maximum atomic E-state index is 12.0. The van der Waals surface area contributed by atoms with Crippen LogP contribution in [0, 0.1) is 5.92 Å². The second kappa shape index (κ2) is 5.09. The number of hydrogen-bond acceptors (Lipinski definition) is 5. The van der Waals surface area contributed by atoms with Crippen LogP contribution in [-0.4, -0.2) is 40.9 Å². The molecule has 3 aliphatic rings. The number of amides is 2. The zero-order valence-electron chi connectivity index (χ0n) is 11.5. The Hall–Kier alpha value is -1.56. The van der Waals surface area contributed by atoms with Gasteiger partial charge in [0.15, 0.2) is 0 Å². The standard InChI is InChI=1S/C14H17N3O2S/c1-8-13-9(4-3-5-11(13)20-2)17(16-8)10-6-7-12(18)15-14(10)19/h3-5,9-10,13H,6-7H2,1-2H3,(H,15,18,19). The Bertz CT molecular complexity index is 553. The average Bonchev–Trinajstić information content (AvgIpc) is 2.76. The van der Waals surface area contributed by atoms with E-state index in [1.807, 2.05) is 18.0 Å². The van der Waals surface area contributed by atoms with Gasteiger partial charge in [0, 0.05) is 12.1 Å². The van der Waals surface area contributed by atoms with Crippen LogP contribution < -0.4 is 5.32 Å². The lowest BCUT2D eigenvalue weighted by Crippen LogP contribution is -2.53. The number of rotatable bonds is 2. The average molecular weight is 291 g/mol. The van der Waals surface area contributed by atoms with Gasteiger partial charge in [0.2, 0.25) is 5.91 Å². The normalized spacial score (nSPS) is 32.7. The van der Waals surface area contributed by atoms with Crippen LogP contribution in [0.15, 0.2) is 28.2 Å². The number of hydrazone groups is 1. The number of carbonyl (C=O) groups is 2. The molecule has 0 saturated carbocycles. The monoisotopic (exact) mass is 291 g/mol. The van der Waals surface area contributed by atoms with Gasteiger partial charge in [0.25, 0.3) is 5.91 Å². The maximum Gasteiger partial charge on any atom is 0.251 e. The molecule has 3 unspecified atom stereocenters. The third kappa shape index (κ3) is 2.08. The third-order valence-electron chi connectivity index (χ3n) is 4.01. The molecule has 0 radical (unpaired) electrons. The summed E-state index contributed by atoms with van der Waals surface area (Å²) in [7, 11) is 0. The summed E-state index contributed by atoms with van der Waals surface area (Å²) in [5.74, 6) is -0.181. The van der Waals surface area contributed by atoms with Crippen LogP contribution in [0.2, 0.25) is 0 Å². The van der Waals surface area contributed by atoms with Crippen molar-refractivity contribution in [2.45, 2.75) is 31.8 Å². The molecule has 1 saturated heterocycles. The van der Waals surface area contributed by atoms with Gasteiger partial charge < -0.3 is 0 Å². The van der Waals surface area contributed by atoms with Crippen LogP contribution >= 0.6 is 11.8 Å². The molecule has 0 aromatic rings. The highest BCUT2D eigenvalue weighted by atomic mass is 32.2. The molecule has 20 heavy (non-hydrogen) atoms. The number of hydrogen-bond donors (Lipinski definition) is 1. The van der Waals surface area contributed by atoms with Gasteiger partial charge in [0.1, 0.15) is 6.04 Å². The number of fused-ring (bicyclic) bond motifs is 1. The molecule has 106 valence electrons. The summed E-state index contributed by atoms with van der Waals surface area (Å²) in [5.41, 5.74) is 1.03. The van der Waals surface area contributed by atoms with Crippen LogP contribution in [0.3, 0.4) is 0 Å². The minimum absolute atomic E-state index is 0.0893. The smallest absolute Gasteiger partial charge is 0.251 e. The summed E-state index contributed by atoms with van der Waals surface area (Å²) in [6.45, 7) is 2.01. The van der Waals surface area contributed by atoms with Gasteiger partial charge in [-0.15, -0.1) is 11.8 Å². The fraction of sp³-hybridized carbons (Fsp3) is 0.500. The maximum absolute atomic E-state index is 12.0. The SMILES string of the molecule is CSC1=CC=CC2C1C(C)=NN2C1CCC(=O)NC1=O. The molecule has 0 aromatic carbocycles. The van der Waals surface area contributed by atoms with Crippen molar-refractivity contribution in [3.05, 3.63) is 23.1 Å². The van der Waals surface area contributed by atoms with Crippen LogP contribution in [0.5, 0.6) is 0 Å². The van der Waals surface area contributed by atoms with Crippen molar-refractivity contribution in [1.29, 1.82) is 0 Å². The molecule has 3 atom stereocenters. The van der Waals surface area contributed by atoms with Crippen molar-refractivity contribution in [2.24, 2.45) is 11.0 Å². The first kappa shape index (κ1) is 13.4. The highest BCUT2D eigenvalue weighted by Crippen LogP contribution is 2.38. The van der Waals surface area contributed by atoms with Crippen molar-refractivity contribution in [2.75, 3.05) is 6.26 Å². The number of imide groups is 1. The summed E-state index contributed by atoms with van der Waals surface area (Å²) in [6, 6.07) is -0.255. The summed E-state index contributed by atoms with van der Waals surface area (Å²) in [5, 5.41) is 8.89. The molecule has 0 spiro atoms. The molecule has 1 fully saturated rings. The Kier molecular flexibility index (Phi) is 3.41. The van der Waals surface area contributed by atoms with Crippen molar-refractivity contribution in [3.8, 4) is 0 Å². The highest BCUT2D eigenvalue weighted by Gasteiger charge is 2.43. The van der Waals surface area contributed by atoms with Crippen LogP contribution in [0.1, 0.15) is 19.8 Å². The fourth-order valence-electron chi connectivity index (χ4n) is 3.06. The molecule has 0 aromatic heterocycles. The summed E-state index contributed by atoms with van der Waals surface area (Å²) in [6.07, 6.45) is 9.21. The van der Waals surface area contributed by atoms with Crippen LogP contribution in [0.25, 0.3) is 0 Å². The zero-order chi connectivity index (χ0) is 14.3. The topological polar surface area (TPSA) is 61.8 Å². The Morgan fingerprint density at radius 2 is 2.25 bits per heavy atom. The van der Waals surface area contributed by atoms with E-state index in [0.717, 1.165) is 5.71 Å². The van der Waals surface area contributed by atoms with E-state index in [-0.39, 0.29) is 29.8 Å². The first-order valence-corrected chi connectivity index (χ1v) is 7.94. The predicted octanol–water partition coefficient (Wildman–Crippen LogP) is 1.28. The molecule has 2 amide bonds. The van der Waals surface area contributed by atoms with Crippen molar-refractivity contribution in [3.63, 3.8) is 0 Å². The zero-order valence-corrected chi connectivity index (χ0v) is 12.3. The number of nitrogens with one attached hydrogen (secondary N) is 1. The molecule has 5 nitrogen and oxygen atoms in total. The van der Waals surface area contributed by atoms with Gasteiger partial charge in [-0.25, -0.2) is 0 Å². The quantitative estimate of drug-likeness (QED) is 0.779. The van der Waals surface area contributed by atoms with Gasteiger partial charge in [-0.1, -0.05) is 18.2 Å². The lowest BCUT2D eigenvalue weighted by Gasteiger charge is -2.34. The minimum Gasteiger partial charge on any atom is -0.295 e. The van der Waals surface area contributed by atoms with Gasteiger partial charge in [-0.3, -0.25) is 19.9 Å². The van der Waals surface area contributed by atoms with Gasteiger partial charge in [-0.2, -0.15) is 5.10 Å². The highest BCUT2D eigenvalue weighted by molar-refractivity contribution is 8.02. The van der Waals surface area contributed by atoms with E-state index in [2.05, 4.69) is 28.8 Å². The number of piperidine rings is 1. The molecular formula is C14H17N3O2S. The van der Waals surface area contributed by atoms with E-state index in [1.165, 1.54) is 4.91 Å². The number of allylic oxidation sites excluding steroid dienone is 2. The van der Waals surface area contributed by atoms with Crippen molar-refractivity contribution in [1.82, 2.24) is 10.3 Å². The second-order valence-electron chi connectivity index (χ2n) is 5.21. The molecule has 2 aliphatic heterocycles. The molecular weight excluding hydrogens is 274 g/mol. The largest absolute Gasteiger partial charge is 0.295 e. The lowest BCUT2D eigenvalue weighted by molar-refractivity contribution is -0.137. The van der Waals surface area contributed by atoms with E-state index in [1.54, 1.807) is 11.8 Å². The molecule has 1 N–H and O–H groups in total. The Morgan fingerprint density at radius 3 is 2.95 bits per heavy atom. The summed E-state index contributed by atoms with van der Waals surface area (Å²) < 4.78 is 0. The molecule has 2 heterocycles. The second-order valence-corrected chi connectivity index (χ2v) is 6.09. The molecule has 3 rings (SSSR count). The van der Waals surface area contributed by atoms with Crippen LogP contribution in [-0.2, 0) is 9.59 Å². The van der Waals surface area contributed by atoms with Gasteiger partial charge >= 0.3 is 0 Å². The van der Waals surface area contributed by atoms with Crippen molar-refractivity contribution < 1.29 is 9.59 Å². The fourth-order valence-corrected chi connectivity index (χ4v) is 3.84.